The van der Waals surface area contributed by atoms with E-state index < -0.39 is 20.0 Å². The molecule has 0 aromatic rings. The zero-order valence-corrected chi connectivity index (χ0v) is 50.0. The van der Waals surface area contributed by atoms with Gasteiger partial charge in [0.15, 0.2) is 0 Å². The number of phosphoric ester groups is 1. The van der Waals surface area contributed by atoms with Gasteiger partial charge >= 0.3 is 7.82 Å². The monoisotopic (exact) mass is 1060 g/mol. The second-order valence-electron chi connectivity index (χ2n) is 22.1. The SMILES string of the molecule is CC/C=C\C/C=C\C/C=C\C/C=C\C/C=C\C/C=C\C/C=C\CCCCCCCCCCCCCCCCCC(=O)NC(COP(=O)(O)OCC[N+](C)(C)C)C(O)CCCCCCCCCCCCCCCCC. The Labute approximate surface area is 458 Å². The fraction of sp³-hybridized carbons (Fsp3) is 0.769. The number of amides is 1. The van der Waals surface area contributed by atoms with Crippen LogP contribution in [0, 0.1) is 0 Å². The Kier molecular flexibility index (Phi) is 53.7. The number of hydrogen-bond donors (Lipinski definition) is 3. The maximum Gasteiger partial charge on any atom is 0.472 e. The van der Waals surface area contributed by atoms with Gasteiger partial charge < -0.3 is 19.8 Å². The predicted molar refractivity (Wildman–Crippen MR) is 323 cm³/mol. The van der Waals surface area contributed by atoms with E-state index in [2.05, 4.69) is 104 Å². The van der Waals surface area contributed by atoms with Crippen molar-refractivity contribution in [3.05, 3.63) is 85.1 Å². The quantitative estimate of drug-likeness (QED) is 0.0243. The maximum absolute atomic E-state index is 13.0. The van der Waals surface area contributed by atoms with Gasteiger partial charge in [0, 0.05) is 6.42 Å². The van der Waals surface area contributed by atoms with Crippen molar-refractivity contribution in [1.82, 2.24) is 5.32 Å². The van der Waals surface area contributed by atoms with Crippen molar-refractivity contribution in [2.45, 2.75) is 283 Å². The average molecular weight is 1060 g/mol. The number of aliphatic hydroxyl groups is 1. The Balaban J connectivity index is 4.01. The van der Waals surface area contributed by atoms with Crippen LogP contribution in [-0.2, 0) is 18.4 Å². The molecule has 0 saturated carbocycles. The van der Waals surface area contributed by atoms with E-state index in [4.69, 9.17) is 9.05 Å². The Hall–Kier alpha value is -2.32. The van der Waals surface area contributed by atoms with Gasteiger partial charge in [-0.05, 0) is 70.6 Å². The number of nitrogens with zero attached hydrogens (tertiary/aromatic N) is 1. The summed E-state index contributed by atoms with van der Waals surface area (Å²) in [5, 5.41) is 14.1. The van der Waals surface area contributed by atoms with E-state index in [0.717, 1.165) is 83.5 Å². The average Bonchev–Trinajstić information content (AvgIpc) is 3.36. The van der Waals surface area contributed by atoms with Crippen LogP contribution in [0.15, 0.2) is 85.1 Å². The summed E-state index contributed by atoms with van der Waals surface area (Å²) in [7, 11) is 1.62. The summed E-state index contributed by atoms with van der Waals surface area (Å²) in [6.45, 7) is 4.79. The summed E-state index contributed by atoms with van der Waals surface area (Å²) in [5.41, 5.74) is 0. The zero-order chi connectivity index (χ0) is 54.2. The number of nitrogens with one attached hydrogen (secondary N) is 1. The smallest absolute Gasteiger partial charge is 0.391 e. The molecule has 0 heterocycles. The Morgan fingerprint density at radius 3 is 1.19 bits per heavy atom. The van der Waals surface area contributed by atoms with Crippen LogP contribution in [0.4, 0.5) is 0 Å². The number of rotatable bonds is 56. The Bertz CT molecular complexity index is 1480. The molecule has 3 atom stereocenters. The van der Waals surface area contributed by atoms with Crippen LogP contribution in [0.3, 0.4) is 0 Å². The minimum Gasteiger partial charge on any atom is -0.391 e. The normalized spacial score (nSPS) is 14.4. The first kappa shape index (κ1) is 71.7. The lowest BCUT2D eigenvalue weighted by Crippen LogP contribution is -2.46. The Morgan fingerprint density at radius 1 is 0.473 bits per heavy atom. The minimum absolute atomic E-state index is 0.0730. The van der Waals surface area contributed by atoms with Crippen LogP contribution < -0.4 is 5.32 Å². The van der Waals surface area contributed by atoms with Crippen molar-refractivity contribution >= 4 is 13.7 Å². The number of likely N-dealkylation sites (N-methyl/N-ethyl adjacent to an activating group) is 1. The summed E-state index contributed by atoms with van der Waals surface area (Å²) in [6.07, 6.45) is 78.0. The van der Waals surface area contributed by atoms with Crippen LogP contribution in [0.1, 0.15) is 271 Å². The van der Waals surface area contributed by atoms with Gasteiger partial charge in [-0.3, -0.25) is 13.8 Å². The van der Waals surface area contributed by atoms with Crippen molar-refractivity contribution in [3.63, 3.8) is 0 Å². The molecule has 0 radical (unpaired) electrons. The molecule has 0 rings (SSSR count). The topological polar surface area (TPSA) is 105 Å². The lowest BCUT2D eigenvalue weighted by atomic mass is 10.0. The minimum atomic E-state index is -4.33. The zero-order valence-electron chi connectivity index (χ0n) is 49.1. The molecular formula is C65H120N2O6P+. The third kappa shape index (κ3) is 57.4. The number of carbonyl (C=O) groups excluding carboxylic acids is 1. The molecule has 0 aliphatic heterocycles. The van der Waals surface area contributed by atoms with Gasteiger partial charge in [-0.25, -0.2) is 4.57 Å². The largest absolute Gasteiger partial charge is 0.472 e. The number of quaternary nitrogens is 1. The number of phosphoric acid groups is 1. The van der Waals surface area contributed by atoms with Gasteiger partial charge in [0.25, 0.3) is 0 Å². The van der Waals surface area contributed by atoms with Gasteiger partial charge in [0.05, 0.1) is 39.9 Å². The van der Waals surface area contributed by atoms with Crippen LogP contribution >= 0.6 is 7.82 Å². The Morgan fingerprint density at radius 2 is 0.811 bits per heavy atom. The molecule has 430 valence electrons. The molecule has 0 saturated heterocycles. The summed E-state index contributed by atoms with van der Waals surface area (Å²) < 4.78 is 23.8. The van der Waals surface area contributed by atoms with Crippen molar-refractivity contribution in [3.8, 4) is 0 Å². The number of hydrogen-bond acceptors (Lipinski definition) is 5. The molecular weight excluding hydrogens is 936 g/mol. The van der Waals surface area contributed by atoms with Crippen LogP contribution in [0.2, 0.25) is 0 Å². The summed E-state index contributed by atoms with van der Waals surface area (Å²) in [5.74, 6) is -0.145. The van der Waals surface area contributed by atoms with E-state index in [-0.39, 0.29) is 19.1 Å². The predicted octanol–water partition coefficient (Wildman–Crippen LogP) is 19.2. The molecule has 0 aromatic carbocycles. The second kappa shape index (κ2) is 55.4. The first-order chi connectivity index (χ1) is 36.0. The van der Waals surface area contributed by atoms with Crippen molar-refractivity contribution < 1.29 is 32.9 Å². The van der Waals surface area contributed by atoms with Crippen molar-refractivity contribution in [2.75, 3.05) is 40.9 Å². The molecule has 1 amide bonds. The van der Waals surface area contributed by atoms with E-state index in [1.807, 2.05) is 21.1 Å². The molecule has 3 N–H and O–H groups in total. The summed E-state index contributed by atoms with van der Waals surface area (Å²) >= 11 is 0. The van der Waals surface area contributed by atoms with E-state index >= 15 is 0 Å². The molecule has 0 aromatic heterocycles. The number of carbonyl (C=O) groups is 1. The van der Waals surface area contributed by atoms with Gasteiger partial charge in [0.2, 0.25) is 5.91 Å². The first-order valence-corrected chi connectivity index (χ1v) is 32.4. The van der Waals surface area contributed by atoms with Crippen LogP contribution in [-0.4, -0.2) is 73.4 Å². The van der Waals surface area contributed by atoms with Crippen molar-refractivity contribution in [2.24, 2.45) is 0 Å². The molecule has 0 fully saturated rings. The summed E-state index contributed by atoms with van der Waals surface area (Å²) in [6, 6.07) is -0.764. The van der Waals surface area contributed by atoms with Gasteiger partial charge in [0.1, 0.15) is 13.2 Å². The van der Waals surface area contributed by atoms with Gasteiger partial charge in [-0.1, -0.05) is 279 Å². The molecule has 9 heteroatoms. The first-order valence-electron chi connectivity index (χ1n) is 31.0. The number of allylic oxidation sites excluding steroid dienone is 14. The fourth-order valence-corrected chi connectivity index (χ4v) is 9.59. The van der Waals surface area contributed by atoms with E-state index in [1.165, 1.54) is 161 Å². The fourth-order valence-electron chi connectivity index (χ4n) is 8.85. The maximum atomic E-state index is 13.0. The number of aliphatic hydroxyl groups excluding tert-OH is 1. The van der Waals surface area contributed by atoms with E-state index in [0.29, 0.717) is 23.9 Å². The lowest BCUT2D eigenvalue weighted by molar-refractivity contribution is -0.870. The van der Waals surface area contributed by atoms with Crippen LogP contribution in [0.5, 0.6) is 0 Å². The molecule has 0 spiro atoms. The van der Waals surface area contributed by atoms with Crippen LogP contribution in [0.25, 0.3) is 0 Å². The third-order valence-electron chi connectivity index (χ3n) is 13.7. The standard InChI is InChI=1S/C65H119N2O6P/c1-6-8-10-12-14-16-18-20-22-23-24-25-26-27-28-29-30-31-32-33-34-35-36-37-38-39-40-41-42-43-45-47-49-51-53-55-57-59-65(69)66-63(62-73-74(70,71)72-61-60-67(3,4)5)64(68)58-56-54-52-50-48-46-44-21-19-17-15-13-11-9-7-2/h8,10,14,16,20,22,24-25,27-28,30-31,33-34,63-64,68H,6-7,9,11-13,15,17-19,21,23,26,29,32,35-62H2,1-5H3,(H-,66,69,70,71)/p+1/b10-8-,16-14-,22-20-,25-24-,28-27-,31-30-,34-33-. The molecule has 0 bridgehead atoms. The highest BCUT2D eigenvalue weighted by molar-refractivity contribution is 7.47. The third-order valence-corrected chi connectivity index (χ3v) is 14.6. The van der Waals surface area contributed by atoms with Gasteiger partial charge in [-0.15, -0.1) is 0 Å². The lowest BCUT2D eigenvalue weighted by Gasteiger charge is -2.26. The van der Waals surface area contributed by atoms with Crippen molar-refractivity contribution in [1.29, 1.82) is 0 Å². The molecule has 0 aliphatic rings. The van der Waals surface area contributed by atoms with E-state index in [9.17, 15) is 19.4 Å². The number of unbranched alkanes of at least 4 members (excludes halogenated alkanes) is 29. The molecule has 8 nitrogen and oxygen atoms in total. The van der Waals surface area contributed by atoms with Gasteiger partial charge in [-0.2, -0.15) is 0 Å². The highest BCUT2D eigenvalue weighted by Gasteiger charge is 2.28. The highest BCUT2D eigenvalue weighted by Crippen LogP contribution is 2.43. The van der Waals surface area contributed by atoms with E-state index in [1.54, 1.807) is 0 Å². The summed E-state index contributed by atoms with van der Waals surface area (Å²) in [4.78, 5) is 23.3. The second-order valence-corrected chi connectivity index (χ2v) is 23.5. The molecule has 3 unspecified atom stereocenters. The molecule has 0 aliphatic carbocycles. The highest BCUT2D eigenvalue weighted by atomic mass is 31.2. The molecule has 74 heavy (non-hydrogen) atoms.